The molecular weight excluding hydrogens is 539 g/mol. The number of rotatable bonds is 7. The molecule has 3 aromatic carbocycles. The number of carboxylic acid groups (broad SMARTS) is 1. The van der Waals surface area contributed by atoms with E-state index in [0.717, 1.165) is 52.1 Å². The Morgan fingerprint density at radius 3 is 2.45 bits per heavy atom. The van der Waals surface area contributed by atoms with Crippen molar-refractivity contribution in [1.29, 1.82) is 0 Å². The summed E-state index contributed by atoms with van der Waals surface area (Å²) in [5, 5.41) is 22.5. The van der Waals surface area contributed by atoms with Crippen LogP contribution in [0.2, 0.25) is 0 Å². The summed E-state index contributed by atoms with van der Waals surface area (Å²) in [5.41, 5.74) is 2.83. The predicted octanol–water partition coefficient (Wildman–Crippen LogP) is 2.82. The van der Waals surface area contributed by atoms with E-state index in [1.54, 1.807) is 37.7 Å². The van der Waals surface area contributed by atoms with Crippen LogP contribution in [0.25, 0.3) is 22.0 Å². The molecule has 0 aliphatic heterocycles. The zero-order valence-electron chi connectivity index (χ0n) is 22.6. The first-order chi connectivity index (χ1) is 18.5. The molecule has 1 aromatic heterocycles. The van der Waals surface area contributed by atoms with Crippen LogP contribution in [0.5, 0.6) is 0 Å². The van der Waals surface area contributed by atoms with E-state index < -0.39 is 23.2 Å². The molecule has 1 heterocycles. The Bertz CT molecular complexity index is 1650. The Labute approximate surface area is 258 Å². The number of aliphatic carboxylic acids is 1. The fraction of sp³-hybridized carbons (Fsp3) is 0.250. The van der Waals surface area contributed by atoms with Gasteiger partial charge in [-0.05, 0) is 104 Å². The van der Waals surface area contributed by atoms with Gasteiger partial charge in [0.2, 0.25) is 0 Å². The fourth-order valence-electron chi connectivity index (χ4n) is 4.50. The Morgan fingerprint density at radius 1 is 1.02 bits per heavy atom. The minimum atomic E-state index is -1.09. The fourth-order valence-corrected chi connectivity index (χ4v) is 5.98. The molecule has 0 bridgehead atoms. The summed E-state index contributed by atoms with van der Waals surface area (Å²) < 4.78 is 27.1. The van der Waals surface area contributed by atoms with Crippen molar-refractivity contribution in [2.45, 2.75) is 43.6 Å². The number of halogens is 2. The molecule has 0 unspecified atom stereocenters. The molecule has 4 aromatic rings. The van der Waals surface area contributed by atoms with Crippen LogP contribution in [0.4, 0.5) is 8.78 Å². The SMILES string of the molecule is CC(C)(O)c1cc(-c2cccc(C#Cc3ccc4cc(F)c(F)cc4n3)c2)ccc1SCC1(CC(=O)[O-])CC1.[Na+]. The largest absolute Gasteiger partial charge is 1.00 e. The van der Waals surface area contributed by atoms with Crippen molar-refractivity contribution in [1.82, 2.24) is 4.98 Å². The van der Waals surface area contributed by atoms with Crippen LogP contribution in [0.15, 0.2) is 71.6 Å². The van der Waals surface area contributed by atoms with Crippen LogP contribution in [0.3, 0.4) is 0 Å². The van der Waals surface area contributed by atoms with Gasteiger partial charge in [0.15, 0.2) is 11.6 Å². The number of fused-ring (bicyclic) bond motifs is 1. The summed E-state index contributed by atoms with van der Waals surface area (Å²) in [6.07, 6.45) is 1.82. The van der Waals surface area contributed by atoms with Crippen molar-refractivity contribution in [3.63, 3.8) is 0 Å². The van der Waals surface area contributed by atoms with E-state index in [2.05, 4.69) is 16.8 Å². The van der Waals surface area contributed by atoms with E-state index in [-0.39, 0.29) is 41.4 Å². The molecule has 0 spiro atoms. The number of carbonyl (C=O) groups is 1. The van der Waals surface area contributed by atoms with Crippen LogP contribution in [-0.2, 0) is 10.4 Å². The number of thioether (sulfide) groups is 1. The number of nitrogens with zero attached hydrogens (tertiary/aromatic N) is 1. The third-order valence-corrected chi connectivity index (χ3v) is 8.33. The zero-order chi connectivity index (χ0) is 27.8. The molecule has 0 radical (unpaired) electrons. The van der Waals surface area contributed by atoms with Gasteiger partial charge < -0.3 is 15.0 Å². The molecule has 4 nitrogen and oxygen atoms in total. The summed E-state index contributed by atoms with van der Waals surface area (Å²) in [4.78, 5) is 16.4. The molecule has 0 atom stereocenters. The van der Waals surface area contributed by atoms with Crippen molar-refractivity contribution >= 4 is 28.6 Å². The van der Waals surface area contributed by atoms with Crippen molar-refractivity contribution < 1.29 is 53.3 Å². The third kappa shape index (κ3) is 7.12. The molecular formula is C32H26F2NNaO3S. The van der Waals surface area contributed by atoms with Crippen LogP contribution < -0.4 is 34.7 Å². The number of hydrogen-bond acceptors (Lipinski definition) is 5. The first kappa shape index (κ1) is 30.2. The molecule has 1 aliphatic carbocycles. The standard InChI is InChI=1S/C32H27F2NO3S.Na/c1-31(2,38)25-15-22(8-11-29(25)39-19-32(12-13-32)18-30(36)37)21-5-3-4-20(14-21)6-9-24-10-7-23-16-26(33)27(34)17-28(23)35-24;/h3-5,7-8,10-11,14-17,38H,12-13,18-19H2,1-2H3,(H,36,37);/q;+1/p-1. The first-order valence-corrected chi connectivity index (χ1v) is 13.6. The number of benzene rings is 3. The van der Waals surface area contributed by atoms with Crippen LogP contribution in [0, 0.1) is 28.9 Å². The molecule has 5 rings (SSSR count). The molecule has 1 saturated carbocycles. The smallest absolute Gasteiger partial charge is 0.550 e. The Hall–Kier alpha value is -2.73. The zero-order valence-corrected chi connectivity index (χ0v) is 25.4. The van der Waals surface area contributed by atoms with Crippen molar-refractivity contribution in [2.24, 2.45) is 5.41 Å². The quantitative estimate of drug-likeness (QED) is 0.212. The molecule has 198 valence electrons. The van der Waals surface area contributed by atoms with Gasteiger partial charge in [0.1, 0.15) is 5.69 Å². The summed E-state index contributed by atoms with van der Waals surface area (Å²) in [7, 11) is 0. The van der Waals surface area contributed by atoms with Gasteiger partial charge in [-0.15, -0.1) is 11.8 Å². The van der Waals surface area contributed by atoms with E-state index in [0.29, 0.717) is 22.3 Å². The van der Waals surface area contributed by atoms with Crippen molar-refractivity contribution in [3.8, 4) is 23.0 Å². The average Bonchev–Trinajstić information content (AvgIpc) is 3.65. The second-order valence-corrected chi connectivity index (χ2v) is 11.6. The molecule has 1 N–H and O–H groups in total. The van der Waals surface area contributed by atoms with Crippen LogP contribution in [-0.4, -0.2) is 21.8 Å². The number of carboxylic acids is 1. The van der Waals surface area contributed by atoms with E-state index in [1.165, 1.54) is 0 Å². The van der Waals surface area contributed by atoms with Gasteiger partial charge in [-0.1, -0.05) is 24.1 Å². The molecule has 0 amide bonds. The predicted molar refractivity (Wildman–Crippen MR) is 147 cm³/mol. The van der Waals surface area contributed by atoms with Crippen LogP contribution in [0.1, 0.15) is 49.9 Å². The maximum absolute atomic E-state index is 13.6. The second-order valence-electron chi connectivity index (χ2n) is 10.6. The number of aromatic nitrogens is 1. The third-order valence-electron chi connectivity index (χ3n) is 6.91. The summed E-state index contributed by atoms with van der Waals surface area (Å²) in [5.74, 6) is 3.86. The Morgan fingerprint density at radius 2 is 1.75 bits per heavy atom. The summed E-state index contributed by atoms with van der Waals surface area (Å²) in [6, 6.07) is 19.1. The monoisotopic (exact) mass is 565 g/mol. The minimum absolute atomic E-state index is 0. The first-order valence-electron chi connectivity index (χ1n) is 12.6. The van der Waals surface area contributed by atoms with Gasteiger partial charge in [-0.3, -0.25) is 0 Å². The maximum atomic E-state index is 13.6. The minimum Gasteiger partial charge on any atom is -0.550 e. The molecule has 1 fully saturated rings. The van der Waals surface area contributed by atoms with E-state index >= 15 is 0 Å². The molecule has 40 heavy (non-hydrogen) atoms. The van der Waals surface area contributed by atoms with Crippen molar-refractivity contribution in [2.75, 3.05) is 5.75 Å². The number of pyridine rings is 1. The number of aliphatic hydroxyl groups is 1. The molecule has 8 heteroatoms. The van der Waals surface area contributed by atoms with Gasteiger partial charge >= 0.3 is 29.6 Å². The summed E-state index contributed by atoms with van der Waals surface area (Å²) >= 11 is 1.58. The van der Waals surface area contributed by atoms with Gasteiger partial charge in [0, 0.05) is 33.6 Å². The number of carbonyl (C=O) groups excluding carboxylic acids is 1. The summed E-state index contributed by atoms with van der Waals surface area (Å²) in [6.45, 7) is 3.48. The van der Waals surface area contributed by atoms with E-state index in [1.807, 2.05) is 42.5 Å². The Kier molecular flexibility index (Phi) is 9.08. The maximum Gasteiger partial charge on any atom is 1.00 e. The van der Waals surface area contributed by atoms with E-state index in [9.17, 15) is 23.8 Å². The topological polar surface area (TPSA) is 73.2 Å². The average molecular weight is 566 g/mol. The molecule has 1 aliphatic rings. The molecule has 0 saturated heterocycles. The van der Waals surface area contributed by atoms with Gasteiger partial charge in [-0.25, -0.2) is 13.8 Å². The van der Waals surface area contributed by atoms with Gasteiger partial charge in [0.25, 0.3) is 0 Å². The van der Waals surface area contributed by atoms with Crippen LogP contribution >= 0.6 is 11.8 Å². The van der Waals surface area contributed by atoms with Gasteiger partial charge in [-0.2, -0.15) is 0 Å². The van der Waals surface area contributed by atoms with Crippen molar-refractivity contribution in [3.05, 3.63) is 95.2 Å². The normalized spacial score (nSPS) is 13.7. The van der Waals surface area contributed by atoms with Gasteiger partial charge in [0.05, 0.1) is 11.1 Å². The Balaban J connectivity index is 0.00000370. The number of hydrogen-bond donors (Lipinski definition) is 1. The van der Waals surface area contributed by atoms with E-state index in [4.69, 9.17) is 0 Å². The second kappa shape index (κ2) is 12.0.